The SMILES string of the molecule is CC=CCC1OCC(Cc2ccc3c(c2)OCO3)O1. The lowest BCUT2D eigenvalue weighted by Gasteiger charge is -2.10. The molecule has 2 atom stereocenters. The van der Waals surface area contributed by atoms with Crippen LogP contribution < -0.4 is 9.47 Å². The zero-order valence-corrected chi connectivity index (χ0v) is 11.0. The van der Waals surface area contributed by atoms with Gasteiger partial charge in [-0.15, -0.1) is 0 Å². The maximum absolute atomic E-state index is 5.84. The summed E-state index contributed by atoms with van der Waals surface area (Å²) in [5.74, 6) is 1.64. The molecule has 3 rings (SSSR count). The van der Waals surface area contributed by atoms with Crippen molar-refractivity contribution in [3.63, 3.8) is 0 Å². The van der Waals surface area contributed by atoms with E-state index in [1.54, 1.807) is 0 Å². The van der Waals surface area contributed by atoms with Gasteiger partial charge in [-0.25, -0.2) is 0 Å². The highest BCUT2D eigenvalue weighted by Crippen LogP contribution is 2.33. The van der Waals surface area contributed by atoms with E-state index >= 15 is 0 Å². The van der Waals surface area contributed by atoms with Crippen LogP contribution in [0, 0.1) is 0 Å². The molecule has 19 heavy (non-hydrogen) atoms. The Morgan fingerprint density at radius 3 is 3.05 bits per heavy atom. The van der Waals surface area contributed by atoms with Gasteiger partial charge in [0.1, 0.15) is 0 Å². The van der Waals surface area contributed by atoms with Gasteiger partial charge in [-0.3, -0.25) is 0 Å². The summed E-state index contributed by atoms with van der Waals surface area (Å²) in [6.45, 7) is 2.96. The molecular formula is C15H18O4. The average Bonchev–Trinajstić information content (AvgIpc) is 3.05. The van der Waals surface area contributed by atoms with Crippen LogP contribution in [0.3, 0.4) is 0 Å². The van der Waals surface area contributed by atoms with Crippen molar-refractivity contribution in [1.29, 1.82) is 0 Å². The van der Waals surface area contributed by atoms with Crippen molar-refractivity contribution in [1.82, 2.24) is 0 Å². The van der Waals surface area contributed by atoms with Crippen LogP contribution >= 0.6 is 0 Å². The highest BCUT2D eigenvalue weighted by atomic mass is 16.7. The van der Waals surface area contributed by atoms with Crippen LogP contribution in [0.4, 0.5) is 0 Å². The summed E-state index contributed by atoms with van der Waals surface area (Å²) in [4.78, 5) is 0. The summed E-state index contributed by atoms with van der Waals surface area (Å²) in [5, 5.41) is 0. The Labute approximate surface area is 112 Å². The van der Waals surface area contributed by atoms with Crippen molar-refractivity contribution >= 4 is 0 Å². The van der Waals surface area contributed by atoms with Crippen molar-refractivity contribution in [2.75, 3.05) is 13.4 Å². The van der Waals surface area contributed by atoms with Gasteiger partial charge in [0.25, 0.3) is 0 Å². The van der Waals surface area contributed by atoms with Crippen LogP contribution in [0.1, 0.15) is 18.9 Å². The molecule has 2 aliphatic heterocycles. The molecule has 2 heterocycles. The first-order valence-corrected chi connectivity index (χ1v) is 6.62. The molecule has 1 saturated heterocycles. The maximum Gasteiger partial charge on any atom is 0.231 e. The Morgan fingerprint density at radius 1 is 1.26 bits per heavy atom. The van der Waals surface area contributed by atoms with E-state index in [1.165, 1.54) is 5.56 Å². The lowest BCUT2D eigenvalue weighted by atomic mass is 10.1. The monoisotopic (exact) mass is 262 g/mol. The molecule has 102 valence electrons. The fourth-order valence-corrected chi connectivity index (χ4v) is 2.32. The third-order valence-electron chi connectivity index (χ3n) is 3.28. The normalized spacial score (nSPS) is 25.3. The second-order valence-corrected chi connectivity index (χ2v) is 4.72. The van der Waals surface area contributed by atoms with Crippen LogP contribution in [0.15, 0.2) is 30.4 Å². The Morgan fingerprint density at radius 2 is 2.16 bits per heavy atom. The van der Waals surface area contributed by atoms with Gasteiger partial charge in [-0.05, 0) is 24.6 Å². The predicted molar refractivity (Wildman–Crippen MR) is 70.3 cm³/mol. The van der Waals surface area contributed by atoms with E-state index in [9.17, 15) is 0 Å². The van der Waals surface area contributed by atoms with Crippen LogP contribution in [0.25, 0.3) is 0 Å². The molecule has 1 aromatic carbocycles. The van der Waals surface area contributed by atoms with Crippen LogP contribution in [-0.4, -0.2) is 25.8 Å². The molecule has 0 radical (unpaired) electrons. The summed E-state index contributed by atoms with van der Waals surface area (Å²) in [7, 11) is 0. The molecule has 2 aliphatic rings. The predicted octanol–water partition coefficient (Wildman–Crippen LogP) is 2.67. The van der Waals surface area contributed by atoms with Gasteiger partial charge in [0.2, 0.25) is 6.79 Å². The zero-order valence-electron chi connectivity index (χ0n) is 11.0. The minimum atomic E-state index is -0.102. The highest BCUT2D eigenvalue weighted by Gasteiger charge is 2.25. The minimum absolute atomic E-state index is 0.102. The Balaban J connectivity index is 1.57. The average molecular weight is 262 g/mol. The van der Waals surface area contributed by atoms with Crippen molar-refractivity contribution in [2.24, 2.45) is 0 Å². The molecule has 0 spiro atoms. The summed E-state index contributed by atoms with van der Waals surface area (Å²) in [5.41, 5.74) is 1.18. The van der Waals surface area contributed by atoms with E-state index < -0.39 is 0 Å². The molecule has 1 aromatic rings. The van der Waals surface area contributed by atoms with Crippen LogP contribution in [0.2, 0.25) is 0 Å². The number of hydrogen-bond donors (Lipinski definition) is 0. The number of benzene rings is 1. The van der Waals surface area contributed by atoms with E-state index in [-0.39, 0.29) is 12.4 Å². The number of ether oxygens (including phenoxy) is 4. The zero-order chi connectivity index (χ0) is 13.1. The molecule has 0 bridgehead atoms. The number of rotatable bonds is 4. The third-order valence-corrected chi connectivity index (χ3v) is 3.28. The topological polar surface area (TPSA) is 36.9 Å². The summed E-state index contributed by atoms with van der Waals surface area (Å²) in [6.07, 6.45) is 5.74. The third kappa shape index (κ3) is 2.91. The molecule has 0 aromatic heterocycles. The lowest BCUT2D eigenvalue weighted by molar-refractivity contribution is -0.0536. The summed E-state index contributed by atoms with van der Waals surface area (Å²) in [6, 6.07) is 6.02. The Kier molecular flexibility index (Phi) is 3.71. The summed E-state index contributed by atoms with van der Waals surface area (Å²) >= 11 is 0. The van der Waals surface area contributed by atoms with Crippen LogP contribution in [0.5, 0.6) is 11.5 Å². The lowest BCUT2D eigenvalue weighted by Crippen LogP contribution is -2.14. The van der Waals surface area contributed by atoms with E-state index in [2.05, 4.69) is 12.1 Å². The van der Waals surface area contributed by atoms with Gasteiger partial charge in [0, 0.05) is 12.8 Å². The first kappa shape index (κ1) is 12.5. The highest BCUT2D eigenvalue weighted by molar-refractivity contribution is 5.44. The second kappa shape index (κ2) is 5.63. The smallest absolute Gasteiger partial charge is 0.231 e. The fraction of sp³-hybridized carbons (Fsp3) is 0.467. The molecular weight excluding hydrogens is 244 g/mol. The standard InChI is InChI=1S/C15H18O4/c1-2-3-4-15-16-9-12(19-15)7-11-5-6-13-14(8-11)18-10-17-13/h2-3,5-6,8,12,15H,4,7,9-10H2,1H3. The molecule has 4 nitrogen and oxygen atoms in total. The quantitative estimate of drug-likeness (QED) is 0.782. The number of hydrogen-bond acceptors (Lipinski definition) is 4. The van der Waals surface area contributed by atoms with Crippen LogP contribution in [-0.2, 0) is 15.9 Å². The van der Waals surface area contributed by atoms with Crippen molar-refractivity contribution in [3.8, 4) is 11.5 Å². The first-order valence-electron chi connectivity index (χ1n) is 6.62. The molecule has 0 saturated carbocycles. The first-order chi connectivity index (χ1) is 9.35. The van der Waals surface area contributed by atoms with E-state index in [4.69, 9.17) is 18.9 Å². The summed E-state index contributed by atoms with van der Waals surface area (Å²) < 4.78 is 22.1. The van der Waals surface area contributed by atoms with E-state index in [1.807, 2.05) is 25.1 Å². The van der Waals surface area contributed by atoms with E-state index in [0.717, 1.165) is 24.3 Å². The molecule has 2 unspecified atom stereocenters. The largest absolute Gasteiger partial charge is 0.454 e. The molecule has 1 fully saturated rings. The fourth-order valence-electron chi connectivity index (χ4n) is 2.32. The van der Waals surface area contributed by atoms with Gasteiger partial charge in [0.05, 0.1) is 12.7 Å². The minimum Gasteiger partial charge on any atom is -0.454 e. The maximum atomic E-state index is 5.84. The Bertz CT molecular complexity index is 469. The number of fused-ring (bicyclic) bond motifs is 1. The molecule has 0 amide bonds. The van der Waals surface area contributed by atoms with Crippen molar-refractivity contribution < 1.29 is 18.9 Å². The molecule has 0 N–H and O–H groups in total. The molecule has 0 aliphatic carbocycles. The molecule has 4 heteroatoms. The Hall–Kier alpha value is -1.52. The van der Waals surface area contributed by atoms with Gasteiger partial charge in [-0.1, -0.05) is 18.2 Å². The van der Waals surface area contributed by atoms with Gasteiger partial charge >= 0.3 is 0 Å². The van der Waals surface area contributed by atoms with Gasteiger partial charge in [0.15, 0.2) is 17.8 Å². The van der Waals surface area contributed by atoms with Gasteiger partial charge < -0.3 is 18.9 Å². The van der Waals surface area contributed by atoms with Crippen molar-refractivity contribution in [2.45, 2.75) is 32.2 Å². The number of allylic oxidation sites excluding steroid dienone is 1. The van der Waals surface area contributed by atoms with E-state index in [0.29, 0.717) is 13.4 Å². The second-order valence-electron chi connectivity index (χ2n) is 4.72. The van der Waals surface area contributed by atoms with Gasteiger partial charge in [-0.2, -0.15) is 0 Å². The van der Waals surface area contributed by atoms with Crippen molar-refractivity contribution in [3.05, 3.63) is 35.9 Å².